The molecule has 0 bridgehead atoms. The van der Waals surface area contributed by atoms with Crippen molar-refractivity contribution < 1.29 is 18.4 Å². The molecule has 3 rings (SSSR count). The number of rotatable bonds is 4. The van der Waals surface area contributed by atoms with E-state index in [1.165, 1.54) is 35.2 Å². The lowest BCUT2D eigenvalue weighted by Gasteiger charge is -2.18. The number of benzene rings is 2. The van der Waals surface area contributed by atoms with Crippen LogP contribution in [0.15, 0.2) is 42.5 Å². The van der Waals surface area contributed by atoms with E-state index in [1.807, 2.05) is 0 Å². The molecule has 1 saturated carbocycles. The summed E-state index contributed by atoms with van der Waals surface area (Å²) in [6, 6.07) is 9.98. The number of halogens is 2. The topological polar surface area (TPSA) is 63.4 Å². The lowest BCUT2D eigenvalue weighted by atomic mass is 10.1. The van der Waals surface area contributed by atoms with Gasteiger partial charge in [0, 0.05) is 35.7 Å². The van der Waals surface area contributed by atoms with E-state index in [9.17, 15) is 18.4 Å². The first-order chi connectivity index (χ1) is 11.4. The molecule has 4 nitrogen and oxygen atoms in total. The number of amides is 2. The minimum absolute atomic E-state index is 0.0201. The zero-order chi connectivity index (χ0) is 17.4. The second kappa shape index (κ2) is 6.03. The Morgan fingerprint density at radius 2 is 1.67 bits per heavy atom. The SMILES string of the molecule is CN(C(=O)C1CC1c1c(F)cccc1F)c1ccc(C(N)=O)cc1. The first-order valence-electron chi connectivity index (χ1n) is 7.51. The van der Waals surface area contributed by atoms with E-state index in [4.69, 9.17) is 5.73 Å². The number of anilines is 1. The van der Waals surface area contributed by atoms with Crippen LogP contribution in [-0.4, -0.2) is 18.9 Å². The Labute approximate surface area is 137 Å². The summed E-state index contributed by atoms with van der Waals surface area (Å²) >= 11 is 0. The highest BCUT2D eigenvalue weighted by atomic mass is 19.1. The molecule has 0 saturated heterocycles. The predicted molar refractivity (Wildman–Crippen MR) is 85.6 cm³/mol. The molecule has 124 valence electrons. The third kappa shape index (κ3) is 2.87. The molecule has 2 unspecified atom stereocenters. The number of carbonyl (C=O) groups excluding carboxylic acids is 2. The van der Waals surface area contributed by atoms with Gasteiger partial charge in [-0.2, -0.15) is 0 Å². The van der Waals surface area contributed by atoms with Crippen molar-refractivity contribution in [1.82, 2.24) is 0 Å². The zero-order valence-electron chi connectivity index (χ0n) is 13.0. The van der Waals surface area contributed by atoms with E-state index < -0.39 is 29.4 Å². The molecular formula is C18H16F2N2O2. The van der Waals surface area contributed by atoms with Crippen LogP contribution >= 0.6 is 0 Å². The van der Waals surface area contributed by atoms with Crippen molar-refractivity contribution in [3.05, 3.63) is 65.2 Å². The van der Waals surface area contributed by atoms with Gasteiger partial charge in [-0.25, -0.2) is 8.78 Å². The molecule has 1 fully saturated rings. The number of primary amides is 1. The number of carbonyl (C=O) groups is 2. The van der Waals surface area contributed by atoms with Gasteiger partial charge >= 0.3 is 0 Å². The number of hydrogen-bond donors (Lipinski definition) is 1. The molecule has 2 N–H and O–H groups in total. The molecule has 2 aromatic rings. The van der Waals surface area contributed by atoms with Crippen molar-refractivity contribution in [2.75, 3.05) is 11.9 Å². The Kier molecular flexibility index (Phi) is 4.05. The Morgan fingerprint density at radius 1 is 1.08 bits per heavy atom. The maximum atomic E-state index is 13.8. The summed E-state index contributed by atoms with van der Waals surface area (Å²) in [5.41, 5.74) is 6.09. The third-order valence-electron chi connectivity index (χ3n) is 4.35. The summed E-state index contributed by atoms with van der Waals surface area (Å²) in [6.07, 6.45) is 0.417. The maximum absolute atomic E-state index is 13.8. The lowest BCUT2D eigenvalue weighted by Crippen LogP contribution is -2.28. The van der Waals surface area contributed by atoms with Gasteiger partial charge in [0.2, 0.25) is 11.8 Å². The zero-order valence-corrected chi connectivity index (χ0v) is 13.0. The van der Waals surface area contributed by atoms with Crippen LogP contribution in [0.2, 0.25) is 0 Å². The van der Waals surface area contributed by atoms with E-state index in [1.54, 1.807) is 19.2 Å². The molecule has 0 spiro atoms. The minimum atomic E-state index is -0.622. The molecule has 0 radical (unpaired) electrons. The van der Waals surface area contributed by atoms with Crippen molar-refractivity contribution >= 4 is 17.5 Å². The molecule has 1 aliphatic carbocycles. The fourth-order valence-corrected chi connectivity index (χ4v) is 2.88. The molecule has 24 heavy (non-hydrogen) atoms. The number of nitrogens with zero attached hydrogens (tertiary/aromatic N) is 1. The molecule has 6 heteroatoms. The summed E-state index contributed by atoms with van der Waals surface area (Å²) in [7, 11) is 1.59. The summed E-state index contributed by atoms with van der Waals surface area (Å²) in [6.45, 7) is 0. The average Bonchev–Trinajstić information content (AvgIpc) is 3.33. The molecule has 0 aliphatic heterocycles. The summed E-state index contributed by atoms with van der Waals surface area (Å²) in [5.74, 6) is -2.89. The van der Waals surface area contributed by atoms with Crippen LogP contribution in [0, 0.1) is 17.6 Å². The van der Waals surface area contributed by atoms with E-state index in [0.717, 1.165) is 0 Å². The van der Waals surface area contributed by atoms with Gasteiger partial charge in [0.15, 0.2) is 0 Å². The van der Waals surface area contributed by atoms with Crippen LogP contribution in [0.5, 0.6) is 0 Å². The fourth-order valence-electron chi connectivity index (χ4n) is 2.88. The van der Waals surface area contributed by atoms with Crippen molar-refractivity contribution in [2.45, 2.75) is 12.3 Å². The van der Waals surface area contributed by atoms with Crippen molar-refractivity contribution in [1.29, 1.82) is 0 Å². The summed E-state index contributed by atoms with van der Waals surface area (Å²) in [5, 5.41) is 0. The third-order valence-corrected chi connectivity index (χ3v) is 4.35. The van der Waals surface area contributed by atoms with E-state index >= 15 is 0 Å². The lowest BCUT2D eigenvalue weighted by molar-refractivity contribution is -0.119. The summed E-state index contributed by atoms with van der Waals surface area (Å²) in [4.78, 5) is 25.0. The molecule has 2 aromatic carbocycles. The van der Waals surface area contributed by atoms with Crippen LogP contribution in [0.25, 0.3) is 0 Å². The van der Waals surface area contributed by atoms with Gasteiger partial charge in [-0.3, -0.25) is 9.59 Å². The normalized spacial score (nSPS) is 19.0. The second-order valence-electron chi connectivity index (χ2n) is 5.89. The van der Waals surface area contributed by atoms with Crippen LogP contribution in [0.1, 0.15) is 28.3 Å². The number of nitrogens with two attached hydrogens (primary N) is 1. The van der Waals surface area contributed by atoms with E-state index in [0.29, 0.717) is 17.7 Å². The molecule has 2 atom stereocenters. The van der Waals surface area contributed by atoms with Gasteiger partial charge in [0.05, 0.1) is 0 Å². The monoisotopic (exact) mass is 330 g/mol. The molecule has 1 aliphatic rings. The van der Waals surface area contributed by atoms with Gasteiger partial charge in [-0.1, -0.05) is 6.07 Å². The fraction of sp³-hybridized carbons (Fsp3) is 0.222. The Hall–Kier alpha value is -2.76. The van der Waals surface area contributed by atoms with Crippen molar-refractivity contribution in [3.8, 4) is 0 Å². The molecular weight excluding hydrogens is 314 g/mol. The van der Waals surface area contributed by atoms with Crippen molar-refractivity contribution in [3.63, 3.8) is 0 Å². The standard InChI is InChI=1S/C18H16F2N2O2/c1-22(11-7-5-10(6-8-11)17(21)23)18(24)13-9-12(13)16-14(19)3-2-4-15(16)20/h2-8,12-13H,9H2,1H3,(H2,21,23). The largest absolute Gasteiger partial charge is 0.366 e. The second-order valence-corrected chi connectivity index (χ2v) is 5.89. The quantitative estimate of drug-likeness (QED) is 0.937. The Morgan fingerprint density at radius 3 is 2.21 bits per heavy atom. The van der Waals surface area contributed by atoms with Crippen LogP contribution in [0.3, 0.4) is 0 Å². The van der Waals surface area contributed by atoms with Gasteiger partial charge in [0.25, 0.3) is 0 Å². The predicted octanol–water partition coefficient (Wildman–Crippen LogP) is 2.83. The van der Waals surface area contributed by atoms with Gasteiger partial charge in [0.1, 0.15) is 11.6 Å². The minimum Gasteiger partial charge on any atom is -0.366 e. The van der Waals surface area contributed by atoms with Gasteiger partial charge < -0.3 is 10.6 Å². The number of hydrogen-bond acceptors (Lipinski definition) is 2. The average molecular weight is 330 g/mol. The van der Waals surface area contributed by atoms with Crippen molar-refractivity contribution in [2.24, 2.45) is 11.7 Å². The molecule has 0 heterocycles. The van der Waals surface area contributed by atoms with Gasteiger partial charge in [-0.15, -0.1) is 0 Å². The van der Waals surface area contributed by atoms with E-state index in [2.05, 4.69) is 0 Å². The first-order valence-corrected chi connectivity index (χ1v) is 7.51. The van der Waals surface area contributed by atoms with Crippen LogP contribution in [-0.2, 0) is 4.79 Å². The molecule has 2 amide bonds. The van der Waals surface area contributed by atoms with Crippen LogP contribution in [0.4, 0.5) is 14.5 Å². The van der Waals surface area contributed by atoms with Crippen LogP contribution < -0.4 is 10.6 Å². The first kappa shape index (κ1) is 16.1. The Balaban J connectivity index is 1.75. The smallest absolute Gasteiger partial charge is 0.248 e. The highest BCUT2D eigenvalue weighted by molar-refractivity contribution is 5.98. The maximum Gasteiger partial charge on any atom is 0.248 e. The van der Waals surface area contributed by atoms with E-state index in [-0.39, 0.29) is 11.5 Å². The summed E-state index contributed by atoms with van der Waals surface area (Å²) < 4.78 is 27.6. The highest BCUT2D eigenvalue weighted by Crippen LogP contribution is 2.50. The molecule has 0 aromatic heterocycles. The highest BCUT2D eigenvalue weighted by Gasteiger charge is 2.47. The van der Waals surface area contributed by atoms with Gasteiger partial charge in [-0.05, 0) is 42.8 Å². The Bertz CT molecular complexity index is 785.